The molecule has 4 rings (SSSR count). The van der Waals surface area contributed by atoms with Crippen LogP contribution in [-0.4, -0.2) is 34.9 Å². The van der Waals surface area contributed by atoms with E-state index in [9.17, 15) is 4.79 Å². The number of halogens is 1. The molecule has 0 atom stereocenters. The third-order valence-electron chi connectivity index (χ3n) is 5.02. The Labute approximate surface area is 158 Å². The van der Waals surface area contributed by atoms with Gasteiger partial charge in [-0.1, -0.05) is 54.1 Å². The lowest BCUT2D eigenvalue weighted by Gasteiger charge is -2.32. The molecule has 1 aliphatic heterocycles. The maximum Gasteiger partial charge on any atom is 0.267 e. The third kappa shape index (κ3) is 3.76. The molecule has 0 aliphatic carbocycles. The van der Waals surface area contributed by atoms with Crippen molar-refractivity contribution >= 4 is 28.4 Å². The number of amides is 1. The summed E-state index contributed by atoms with van der Waals surface area (Å²) in [6.45, 7) is 2.97. The molecule has 0 bridgehead atoms. The number of nitrogens with one attached hydrogen (secondary N) is 2. The lowest BCUT2D eigenvalue weighted by molar-refractivity contribution is 0.0904. The molecule has 134 valence electrons. The molecular weight excluding hydrogens is 346 g/mol. The van der Waals surface area contributed by atoms with Gasteiger partial charge in [0, 0.05) is 31.1 Å². The smallest absolute Gasteiger partial charge is 0.267 e. The molecule has 0 spiro atoms. The van der Waals surface area contributed by atoms with Crippen molar-refractivity contribution in [2.24, 2.45) is 0 Å². The third-order valence-corrected chi connectivity index (χ3v) is 5.34. The van der Waals surface area contributed by atoms with Crippen LogP contribution in [0.25, 0.3) is 10.9 Å². The fraction of sp³-hybridized carbons (Fsp3) is 0.286. The van der Waals surface area contributed by atoms with Crippen LogP contribution in [0.5, 0.6) is 0 Å². The van der Waals surface area contributed by atoms with E-state index in [-0.39, 0.29) is 11.9 Å². The second kappa shape index (κ2) is 7.52. The van der Waals surface area contributed by atoms with E-state index in [1.807, 2.05) is 30.3 Å². The maximum atomic E-state index is 12.6. The number of benzene rings is 2. The summed E-state index contributed by atoms with van der Waals surface area (Å²) in [6.07, 6.45) is 1.94. The number of piperidine rings is 1. The van der Waals surface area contributed by atoms with E-state index in [2.05, 4.69) is 39.5 Å². The standard InChI is InChI=1S/C21H22ClN3O/c22-18-8-4-7-16-13-19(24-20(16)18)21(26)23-17-9-11-25(12-10-17)14-15-5-2-1-3-6-15/h1-8,13,17,24H,9-12,14H2,(H,23,26). The van der Waals surface area contributed by atoms with Gasteiger partial charge in [-0.3, -0.25) is 9.69 Å². The number of hydrogen-bond donors (Lipinski definition) is 2. The van der Waals surface area contributed by atoms with Crippen molar-refractivity contribution in [1.82, 2.24) is 15.2 Å². The fourth-order valence-corrected chi connectivity index (χ4v) is 3.81. The molecule has 2 aromatic carbocycles. The maximum absolute atomic E-state index is 12.6. The highest BCUT2D eigenvalue weighted by Gasteiger charge is 2.22. The van der Waals surface area contributed by atoms with Crippen LogP contribution in [0.1, 0.15) is 28.9 Å². The summed E-state index contributed by atoms with van der Waals surface area (Å²) in [6, 6.07) is 18.3. The van der Waals surface area contributed by atoms with E-state index in [1.54, 1.807) is 0 Å². The van der Waals surface area contributed by atoms with Gasteiger partial charge in [0.15, 0.2) is 0 Å². The second-order valence-electron chi connectivity index (χ2n) is 6.90. The number of rotatable bonds is 4. The Morgan fingerprint density at radius 3 is 2.62 bits per heavy atom. The zero-order chi connectivity index (χ0) is 17.9. The predicted molar refractivity (Wildman–Crippen MR) is 106 cm³/mol. The summed E-state index contributed by atoms with van der Waals surface area (Å²) in [5.74, 6) is -0.0567. The number of aromatic nitrogens is 1. The SMILES string of the molecule is O=C(NC1CCN(Cc2ccccc2)CC1)c1cc2cccc(Cl)c2[nH]1. The van der Waals surface area contributed by atoms with Crippen molar-refractivity contribution in [2.75, 3.05) is 13.1 Å². The van der Waals surface area contributed by atoms with Crippen LogP contribution in [0.4, 0.5) is 0 Å². The topological polar surface area (TPSA) is 48.1 Å². The van der Waals surface area contributed by atoms with E-state index < -0.39 is 0 Å². The summed E-state index contributed by atoms with van der Waals surface area (Å²) in [7, 11) is 0. The number of carbonyl (C=O) groups is 1. The first-order chi connectivity index (χ1) is 12.7. The molecule has 1 amide bonds. The molecule has 1 saturated heterocycles. The molecule has 1 aromatic heterocycles. The van der Waals surface area contributed by atoms with Gasteiger partial charge < -0.3 is 10.3 Å². The number of hydrogen-bond acceptors (Lipinski definition) is 2. The van der Waals surface area contributed by atoms with Crippen LogP contribution in [0.3, 0.4) is 0 Å². The van der Waals surface area contributed by atoms with Crippen LogP contribution >= 0.6 is 11.6 Å². The summed E-state index contributed by atoms with van der Waals surface area (Å²) >= 11 is 6.18. The lowest BCUT2D eigenvalue weighted by Crippen LogP contribution is -2.44. The number of para-hydroxylation sites is 1. The van der Waals surface area contributed by atoms with Gasteiger partial charge in [-0.15, -0.1) is 0 Å². The van der Waals surface area contributed by atoms with Crippen molar-refractivity contribution in [3.05, 3.63) is 70.9 Å². The van der Waals surface area contributed by atoms with Crippen molar-refractivity contribution in [1.29, 1.82) is 0 Å². The molecule has 1 fully saturated rings. The van der Waals surface area contributed by atoms with E-state index in [0.717, 1.165) is 43.4 Å². The van der Waals surface area contributed by atoms with E-state index in [0.29, 0.717) is 10.7 Å². The minimum atomic E-state index is -0.0567. The normalized spacial score (nSPS) is 16.0. The van der Waals surface area contributed by atoms with Gasteiger partial charge in [0.25, 0.3) is 5.91 Å². The number of H-pyrrole nitrogens is 1. The highest BCUT2D eigenvalue weighted by atomic mass is 35.5. The van der Waals surface area contributed by atoms with Crippen LogP contribution in [0.2, 0.25) is 5.02 Å². The van der Waals surface area contributed by atoms with Gasteiger partial charge in [0.2, 0.25) is 0 Å². The van der Waals surface area contributed by atoms with Crippen LogP contribution < -0.4 is 5.32 Å². The van der Waals surface area contributed by atoms with Gasteiger partial charge in [0.1, 0.15) is 5.69 Å². The number of likely N-dealkylation sites (tertiary alicyclic amines) is 1. The molecule has 2 heterocycles. The number of carbonyl (C=O) groups excluding carboxylic acids is 1. The Hall–Kier alpha value is -2.30. The Balaban J connectivity index is 1.33. The van der Waals surface area contributed by atoms with E-state index in [1.165, 1.54) is 5.56 Å². The van der Waals surface area contributed by atoms with Gasteiger partial charge in [-0.2, -0.15) is 0 Å². The first kappa shape index (κ1) is 17.1. The summed E-state index contributed by atoms with van der Waals surface area (Å²) in [4.78, 5) is 18.2. The Kier molecular flexibility index (Phi) is 4.96. The Morgan fingerprint density at radius 2 is 1.88 bits per heavy atom. The molecule has 0 radical (unpaired) electrons. The Bertz CT molecular complexity index is 898. The monoisotopic (exact) mass is 367 g/mol. The number of fused-ring (bicyclic) bond motifs is 1. The summed E-state index contributed by atoms with van der Waals surface area (Å²) in [5.41, 5.74) is 2.72. The summed E-state index contributed by atoms with van der Waals surface area (Å²) in [5, 5.41) is 4.75. The molecule has 0 unspecified atom stereocenters. The molecule has 0 saturated carbocycles. The minimum absolute atomic E-state index is 0.0567. The molecule has 26 heavy (non-hydrogen) atoms. The number of nitrogens with zero attached hydrogens (tertiary/aromatic N) is 1. The minimum Gasteiger partial charge on any atom is -0.349 e. The first-order valence-corrected chi connectivity index (χ1v) is 9.41. The fourth-order valence-electron chi connectivity index (χ4n) is 3.58. The van der Waals surface area contributed by atoms with Crippen molar-refractivity contribution in [2.45, 2.75) is 25.4 Å². The average molecular weight is 368 g/mol. The van der Waals surface area contributed by atoms with E-state index >= 15 is 0 Å². The molecule has 1 aliphatic rings. The highest BCUT2D eigenvalue weighted by molar-refractivity contribution is 6.35. The van der Waals surface area contributed by atoms with Crippen LogP contribution in [-0.2, 0) is 6.54 Å². The average Bonchev–Trinajstić information content (AvgIpc) is 3.10. The molecule has 3 aromatic rings. The van der Waals surface area contributed by atoms with Crippen LogP contribution in [0.15, 0.2) is 54.6 Å². The zero-order valence-electron chi connectivity index (χ0n) is 14.5. The molecule has 4 nitrogen and oxygen atoms in total. The molecule has 2 N–H and O–H groups in total. The van der Waals surface area contributed by atoms with Crippen molar-refractivity contribution < 1.29 is 4.79 Å². The molecule has 5 heteroatoms. The predicted octanol–water partition coefficient (Wildman–Crippen LogP) is 4.22. The quantitative estimate of drug-likeness (QED) is 0.725. The van der Waals surface area contributed by atoms with Gasteiger partial charge in [-0.05, 0) is 30.5 Å². The highest BCUT2D eigenvalue weighted by Crippen LogP contribution is 2.23. The Morgan fingerprint density at radius 1 is 1.12 bits per heavy atom. The first-order valence-electron chi connectivity index (χ1n) is 9.03. The van der Waals surface area contributed by atoms with Crippen molar-refractivity contribution in [3.63, 3.8) is 0 Å². The number of aromatic amines is 1. The van der Waals surface area contributed by atoms with E-state index in [4.69, 9.17) is 11.6 Å². The molecular formula is C21H22ClN3O. The second-order valence-corrected chi connectivity index (χ2v) is 7.30. The van der Waals surface area contributed by atoms with Gasteiger partial charge in [-0.25, -0.2) is 0 Å². The lowest BCUT2D eigenvalue weighted by atomic mass is 10.0. The van der Waals surface area contributed by atoms with Gasteiger partial charge in [0.05, 0.1) is 10.5 Å². The zero-order valence-corrected chi connectivity index (χ0v) is 15.3. The van der Waals surface area contributed by atoms with Gasteiger partial charge >= 0.3 is 0 Å². The largest absolute Gasteiger partial charge is 0.349 e. The van der Waals surface area contributed by atoms with Crippen molar-refractivity contribution in [3.8, 4) is 0 Å². The van der Waals surface area contributed by atoms with Crippen LogP contribution in [0, 0.1) is 0 Å². The summed E-state index contributed by atoms with van der Waals surface area (Å²) < 4.78 is 0.